The maximum Gasteiger partial charge on any atom is 0.187 e. The molecule has 1 saturated carbocycles. The standard InChI is InChI=1S/C18H35N3O13/c19-5-8(24)3(1-22)31-17(11(5)27)33-15-6(20)10(26)7(21)16(14(15)30)34-18-13(29)12(28)9(25)4(2-23)32-18/h3-18,22-30H,1-2,19-21H2/t3-,4-,5+,6-,7+,8-,9-,10+,11-,12+,13-,14-,15+,16-,17-,18-/m1/s1. The van der Waals surface area contributed by atoms with Gasteiger partial charge in [0.15, 0.2) is 12.6 Å². The zero-order valence-electron chi connectivity index (χ0n) is 18.0. The molecule has 3 fully saturated rings. The van der Waals surface area contributed by atoms with Gasteiger partial charge in [0.05, 0.1) is 37.4 Å². The highest BCUT2D eigenvalue weighted by Gasteiger charge is 2.54. The van der Waals surface area contributed by atoms with Crippen LogP contribution in [0, 0.1) is 0 Å². The minimum absolute atomic E-state index is 0.656. The first-order valence-corrected chi connectivity index (χ1v) is 10.8. The van der Waals surface area contributed by atoms with Crippen molar-refractivity contribution in [2.45, 2.75) is 97.8 Å². The summed E-state index contributed by atoms with van der Waals surface area (Å²) in [6.07, 6.45) is -20.3. The Hall–Kier alpha value is -0.640. The fraction of sp³-hybridized carbons (Fsp3) is 1.00. The number of hydrogen-bond donors (Lipinski definition) is 12. The van der Waals surface area contributed by atoms with Gasteiger partial charge in [-0.2, -0.15) is 0 Å². The van der Waals surface area contributed by atoms with Crippen LogP contribution in [0.4, 0.5) is 0 Å². The fourth-order valence-electron chi connectivity index (χ4n) is 4.35. The van der Waals surface area contributed by atoms with E-state index >= 15 is 0 Å². The number of nitrogens with two attached hydrogens (primary N) is 3. The zero-order chi connectivity index (χ0) is 25.5. The molecule has 0 radical (unpaired) electrons. The Morgan fingerprint density at radius 2 is 0.941 bits per heavy atom. The molecule has 0 unspecified atom stereocenters. The highest BCUT2D eigenvalue weighted by molar-refractivity contribution is 5.05. The minimum Gasteiger partial charge on any atom is -0.394 e. The molecule has 0 bridgehead atoms. The van der Waals surface area contributed by atoms with Gasteiger partial charge in [-0.05, 0) is 0 Å². The lowest BCUT2D eigenvalue weighted by Gasteiger charge is -2.49. The van der Waals surface area contributed by atoms with Crippen LogP contribution in [-0.4, -0.2) is 157 Å². The smallest absolute Gasteiger partial charge is 0.187 e. The van der Waals surface area contributed by atoms with Crippen LogP contribution in [0.1, 0.15) is 0 Å². The van der Waals surface area contributed by atoms with E-state index in [0.29, 0.717) is 0 Å². The topological polar surface area (TPSA) is 297 Å². The quantitative estimate of drug-likeness (QED) is 0.161. The minimum atomic E-state index is -1.81. The first-order chi connectivity index (χ1) is 15.9. The summed E-state index contributed by atoms with van der Waals surface area (Å²) in [6, 6.07) is -3.95. The van der Waals surface area contributed by atoms with Crippen molar-refractivity contribution in [1.29, 1.82) is 0 Å². The Balaban J connectivity index is 1.77. The molecule has 34 heavy (non-hydrogen) atoms. The van der Waals surface area contributed by atoms with Crippen LogP contribution in [0.25, 0.3) is 0 Å². The van der Waals surface area contributed by atoms with E-state index in [1.165, 1.54) is 0 Å². The van der Waals surface area contributed by atoms with Crippen molar-refractivity contribution >= 4 is 0 Å². The second-order valence-electron chi connectivity index (χ2n) is 8.82. The first kappa shape index (κ1) is 27.9. The molecule has 0 aromatic rings. The Labute approximate surface area is 194 Å². The fourth-order valence-corrected chi connectivity index (χ4v) is 4.35. The third kappa shape index (κ3) is 5.09. The summed E-state index contributed by atoms with van der Waals surface area (Å²) in [7, 11) is 0. The van der Waals surface area contributed by atoms with Gasteiger partial charge in [0.1, 0.15) is 61.0 Å². The molecule has 2 saturated heterocycles. The molecular weight excluding hydrogens is 466 g/mol. The van der Waals surface area contributed by atoms with Crippen molar-refractivity contribution in [3.05, 3.63) is 0 Å². The lowest BCUT2D eigenvalue weighted by Crippen LogP contribution is -2.73. The monoisotopic (exact) mass is 501 g/mol. The summed E-state index contributed by atoms with van der Waals surface area (Å²) >= 11 is 0. The Kier molecular flexibility index (Phi) is 9.18. The van der Waals surface area contributed by atoms with Crippen LogP contribution in [-0.2, 0) is 18.9 Å². The van der Waals surface area contributed by atoms with Crippen molar-refractivity contribution in [3.63, 3.8) is 0 Å². The predicted molar refractivity (Wildman–Crippen MR) is 107 cm³/mol. The summed E-state index contributed by atoms with van der Waals surface area (Å²) in [5.74, 6) is 0. The molecule has 0 aromatic heterocycles. The SMILES string of the molecule is N[C@@H]1[C@@H](O)[C@@H](O[C@H]2[C@H](N)[C@H](O)[C@H](N)[C@@H](O[C@H]3O[C@H](CO)[C@@H](O)[C@H](O)[C@H]3O)[C@@H]2O)O[C@H](CO)[C@H]1O. The van der Waals surface area contributed by atoms with Crippen molar-refractivity contribution in [2.75, 3.05) is 13.2 Å². The first-order valence-electron chi connectivity index (χ1n) is 10.8. The summed E-state index contributed by atoms with van der Waals surface area (Å²) in [4.78, 5) is 0. The maximum absolute atomic E-state index is 10.9. The van der Waals surface area contributed by atoms with Gasteiger partial charge in [-0.3, -0.25) is 0 Å². The molecule has 1 aliphatic carbocycles. The summed E-state index contributed by atoms with van der Waals surface area (Å²) in [6.45, 7) is -1.38. The summed E-state index contributed by atoms with van der Waals surface area (Å²) in [5, 5.41) is 90.5. The highest BCUT2D eigenvalue weighted by Crippen LogP contribution is 2.31. The van der Waals surface area contributed by atoms with Gasteiger partial charge in [-0.25, -0.2) is 0 Å². The van der Waals surface area contributed by atoms with Crippen LogP contribution in [0.5, 0.6) is 0 Å². The highest BCUT2D eigenvalue weighted by atomic mass is 16.7. The number of ether oxygens (including phenoxy) is 4. The van der Waals surface area contributed by atoms with Gasteiger partial charge in [0.25, 0.3) is 0 Å². The van der Waals surface area contributed by atoms with Crippen LogP contribution in [0.2, 0.25) is 0 Å². The molecule has 3 aliphatic rings. The van der Waals surface area contributed by atoms with E-state index in [1.54, 1.807) is 0 Å². The van der Waals surface area contributed by atoms with E-state index in [1.807, 2.05) is 0 Å². The Bertz CT molecular complexity index is 611. The third-order valence-corrected chi connectivity index (χ3v) is 6.59. The third-order valence-electron chi connectivity index (χ3n) is 6.59. The summed E-state index contributed by atoms with van der Waals surface area (Å²) < 4.78 is 21.7. The normalized spacial score (nSPS) is 54.7. The molecular formula is C18H35N3O13. The van der Waals surface area contributed by atoms with Crippen molar-refractivity contribution < 1.29 is 64.9 Å². The average Bonchev–Trinajstić information content (AvgIpc) is 2.82. The largest absolute Gasteiger partial charge is 0.394 e. The average molecular weight is 501 g/mol. The van der Waals surface area contributed by atoms with E-state index in [-0.39, 0.29) is 0 Å². The zero-order valence-corrected chi connectivity index (χ0v) is 18.0. The molecule has 16 atom stereocenters. The Morgan fingerprint density at radius 3 is 1.41 bits per heavy atom. The molecule has 0 aromatic carbocycles. The van der Waals surface area contributed by atoms with E-state index in [2.05, 4.69) is 0 Å². The van der Waals surface area contributed by atoms with Gasteiger partial charge in [-0.15, -0.1) is 0 Å². The molecule has 16 heteroatoms. The van der Waals surface area contributed by atoms with Crippen LogP contribution in [0.3, 0.4) is 0 Å². The van der Waals surface area contributed by atoms with Crippen molar-refractivity contribution in [3.8, 4) is 0 Å². The van der Waals surface area contributed by atoms with Gasteiger partial charge in [-0.1, -0.05) is 0 Å². The lowest BCUT2D eigenvalue weighted by atomic mass is 9.82. The van der Waals surface area contributed by atoms with Gasteiger partial charge in [0.2, 0.25) is 0 Å². The second-order valence-corrected chi connectivity index (χ2v) is 8.82. The lowest BCUT2D eigenvalue weighted by molar-refractivity contribution is -0.339. The predicted octanol–water partition coefficient (Wildman–Crippen LogP) is -8.29. The summed E-state index contributed by atoms with van der Waals surface area (Å²) in [5.41, 5.74) is 17.7. The molecule has 16 nitrogen and oxygen atoms in total. The maximum atomic E-state index is 10.9. The van der Waals surface area contributed by atoms with Crippen molar-refractivity contribution in [2.24, 2.45) is 17.2 Å². The van der Waals surface area contributed by atoms with Crippen LogP contribution in [0.15, 0.2) is 0 Å². The molecule has 15 N–H and O–H groups in total. The molecule has 200 valence electrons. The number of hydrogen-bond acceptors (Lipinski definition) is 16. The second kappa shape index (κ2) is 11.2. The van der Waals surface area contributed by atoms with E-state index in [4.69, 9.17) is 36.1 Å². The van der Waals surface area contributed by atoms with Crippen LogP contribution >= 0.6 is 0 Å². The van der Waals surface area contributed by atoms with Gasteiger partial charge < -0.3 is 82.1 Å². The number of aliphatic hydroxyl groups is 9. The molecule has 3 rings (SSSR count). The van der Waals surface area contributed by atoms with Crippen LogP contribution < -0.4 is 17.2 Å². The number of rotatable bonds is 6. The van der Waals surface area contributed by atoms with E-state index in [9.17, 15) is 46.0 Å². The van der Waals surface area contributed by atoms with Gasteiger partial charge >= 0.3 is 0 Å². The molecule has 2 aliphatic heterocycles. The molecule has 0 amide bonds. The van der Waals surface area contributed by atoms with E-state index in [0.717, 1.165) is 0 Å². The molecule has 0 spiro atoms. The molecule has 2 heterocycles. The number of aliphatic hydroxyl groups excluding tert-OH is 9. The van der Waals surface area contributed by atoms with Crippen molar-refractivity contribution in [1.82, 2.24) is 0 Å². The van der Waals surface area contributed by atoms with E-state index < -0.39 is 111 Å². The van der Waals surface area contributed by atoms with Gasteiger partial charge in [0, 0.05) is 0 Å². The Morgan fingerprint density at radius 1 is 0.500 bits per heavy atom.